The van der Waals surface area contributed by atoms with Crippen LogP contribution in [0.4, 0.5) is 0 Å². The van der Waals surface area contributed by atoms with Gasteiger partial charge in [-0.1, -0.05) is 17.7 Å². The van der Waals surface area contributed by atoms with Crippen LogP contribution in [0.3, 0.4) is 0 Å². The lowest BCUT2D eigenvalue weighted by Gasteiger charge is -2.20. The van der Waals surface area contributed by atoms with E-state index in [1.165, 1.54) is 0 Å². The number of carbonyl (C=O) groups is 2. The quantitative estimate of drug-likeness (QED) is 0.736. The van der Waals surface area contributed by atoms with Crippen molar-refractivity contribution in [2.75, 3.05) is 0 Å². The topological polar surface area (TPSA) is 43.4 Å². The van der Waals surface area contributed by atoms with E-state index in [1.54, 1.807) is 12.1 Å². The molecule has 0 N–H and O–H groups in total. The monoisotopic (exact) mass is 232 g/mol. The zero-order valence-corrected chi connectivity index (χ0v) is 9.94. The third-order valence-corrected chi connectivity index (χ3v) is 3.04. The Hall–Kier alpha value is -1.64. The Morgan fingerprint density at radius 1 is 1.24 bits per heavy atom. The van der Waals surface area contributed by atoms with Gasteiger partial charge in [-0.2, -0.15) is 0 Å². The minimum absolute atomic E-state index is 0.0525. The van der Waals surface area contributed by atoms with Crippen molar-refractivity contribution in [1.82, 2.24) is 0 Å². The lowest BCUT2D eigenvalue weighted by molar-refractivity contribution is -0.129. The average molecular weight is 232 g/mol. The zero-order chi connectivity index (χ0) is 12.3. The molecule has 1 aliphatic rings. The van der Waals surface area contributed by atoms with E-state index in [2.05, 4.69) is 0 Å². The molecule has 0 amide bonds. The second-order valence-electron chi connectivity index (χ2n) is 4.47. The summed E-state index contributed by atoms with van der Waals surface area (Å²) in [5.74, 6) is -0.345. The number of hydrogen-bond donors (Lipinski definition) is 0. The maximum atomic E-state index is 11.8. The molecule has 3 heteroatoms. The molecular formula is C14H16O3. The molecule has 0 heterocycles. The van der Waals surface area contributed by atoms with Crippen LogP contribution in [0, 0.1) is 6.92 Å². The van der Waals surface area contributed by atoms with Gasteiger partial charge in [-0.05, 0) is 38.3 Å². The summed E-state index contributed by atoms with van der Waals surface area (Å²) in [5, 5.41) is 0. The number of Topliss-reactive ketones (excluding diaryl/α,β-unsaturated/α-hetero) is 1. The zero-order valence-electron chi connectivity index (χ0n) is 9.94. The van der Waals surface area contributed by atoms with E-state index in [0.717, 1.165) is 18.4 Å². The van der Waals surface area contributed by atoms with E-state index in [0.29, 0.717) is 18.4 Å². The van der Waals surface area contributed by atoms with Gasteiger partial charge in [-0.25, -0.2) is 4.79 Å². The van der Waals surface area contributed by atoms with Crippen molar-refractivity contribution in [1.29, 1.82) is 0 Å². The Bertz CT molecular complexity index is 420. The first-order valence-corrected chi connectivity index (χ1v) is 5.97. The second-order valence-corrected chi connectivity index (χ2v) is 4.47. The van der Waals surface area contributed by atoms with Crippen molar-refractivity contribution in [3.63, 3.8) is 0 Å². The molecule has 0 spiro atoms. The first-order chi connectivity index (χ1) is 8.16. The highest BCUT2D eigenvalue weighted by molar-refractivity contribution is 5.93. The molecule has 2 rings (SSSR count). The first-order valence-electron chi connectivity index (χ1n) is 5.97. The third kappa shape index (κ3) is 2.93. The lowest BCUT2D eigenvalue weighted by Crippen LogP contribution is -2.30. The Kier molecular flexibility index (Phi) is 3.57. The van der Waals surface area contributed by atoms with Crippen LogP contribution in [0.5, 0.6) is 0 Å². The Morgan fingerprint density at radius 2 is 1.94 bits per heavy atom. The number of benzene rings is 1. The van der Waals surface area contributed by atoms with E-state index in [-0.39, 0.29) is 5.78 Å². The van der Waals surface area contributed by atoms with Crippen LogP contribution in [-0.4, -0.2) is 17.9 Å². The van der Waals surface area contributed by atoms with E-state index in [1.807, 2.05) is 19.1 Å². The lowest BCUT2D eigenvalue weighted by atomic mass is 9.96. The molecule has 3 nitrogen and oxygen atoms in total. The van der Waals surface area contributed by atoms with Gasteiger partial charge in [0.25, 0.3) is 0 Å². The van der Waals surface area contributed by atoms with Crippen molar-refractivity contribution in [2.24, 2.45) is 0 Å². The fraction of sp³-hybridized carbons (Fsp3) is 0.429. The molecule has 1 aliphatic carbocycles. The fourth-order valence-corrected chi connectivity index (χ4v) is 1.96. The van der Waals surface area contributed by atoms with Crippen molar-refractivity contribution < 1.29 is 14.3 Å². The third-order valence-electron chi connectivity index (χ3n) is 3.04. The highest BCUT2D eigenvalue weighted by Crippen LogP contribution is 2.18. The highest BCUT2D eigenvalue weighted by atomic mass is 16.5. The smallest absolute Gasteiger partial charge is 0.338 e. The first kappa shape index (κ1) is 11.8. The van der Waals surface area contributed by atoms with Gasteiger partial charge < -0.3 is 4.74 Å². The number of esters is 1. The van der Waals surface area contributed by atoms with E-state index < -0.39 is 12.1 Å². The number of carbonyl (C=O) groups excluding carboxylic acids is 2. The van der Waals surface area contributed by atoms with Crippen molar-refractivity contribution in [2.45, 2.75) is 38.7 Å². The van der Waals surface area contributed by atoms with Gasteiger partial charge in [0.1, 0.15) is 0 Å². The van der Waals surface area contributed by atoms with Crippen LogP contribution in [-0.2, 0) is 9.53 Å². The average Bonchev–Trinajstić information content (AvgIpc) is 2.33. The predicted octanol–water partition coefficient (Wildman–Crippen LogP) is 2.66. The number of rotatable bonds is 2. The summed E-state index contributed by atoms with van der Waals surface area (Å²) in [6.45, 7) is 1.96. The summed E-state index contributed by atoms with van der Waals surface area (Å²) >= 11 is 0. The number of ether oxygens (including phenoxy) is 1. The van der Waals surface area contributed by atoms with Crippen LogP contribution < -0.4 is 0 Å². The van der Waals surface area contributed by atoms with Gasteiger partial charge in [0.15, 0.2) is 11.9 Å². The largest absolute Gasteiger partial charge is 0.451 e. The Balaban J connectivity index is 2.01. The molecule has 0 aliphatic heterocycles. The van der Waals surface area contributed by atoms with Crippen LogP contribution in [0.1, 0.15) is 41.6 Å². The summed E-state index contributed by atoms with van der Waals surface area (Å²) in [6, 6.07) is 7.18. The standard InChI is InChI=1S/C14H16O3/c1-10-6-8-11(9-7-10)14(16)17-13-5-3-2-4-12(13)15/h6-9,13H,2-5H2,1H3/t13-/m0/s1. The number of ketones is 1. The minimum atomic E-state index is -0.530. The molecule has 1 saturated carbocycles. The molecule has 90 valence electrons. The molecule has 1 aromatic carbocycles. The highest BCUT2D eigenvalue weighted by Gasteiger charge is 2.26. The fourth-order valence-electron chi connectivity index (χ4n) is 1.96. The van der Waals surface area contributed by atoms with E-state index >= 15 is 0 Å². The predicted molar refractivity (Wildman–Crippen MR) is 63.9 cm³/mol. The van der Waals surface area contributed by atoms with Crippen molar-refractivity contribution in [3.05, 3.63) is 35.4 Å². The second kappa shape index (κ2) is 5.13. The van der Waals surface area contributed by atoms with Crippen molar-refractivity contribution >= 4 is 11.8 Å². The molecule has 1 fully saturated rings. The van der Waals surface area contributed by atoms with Crippen LogP contribution in [0.2, 0.25) is 0 Å². The maximum Gasteiger partial charge on any atom is 0.338 e. The van der Waals surface area contributed by atoms with E-state index in [4.69, 9.17) is 4.74 Å². The number of hydrogen-bond acceptors (Lipinski definition) is 3. The van der Waals surface area contributed by atoms with Crippen molar-refractivity contribution in [3.8, 4) is 0 Å². The van der Waals surface area contributed by atoms with Gasteiger partial charge in [-0.15, -0.1) is 0 Å². The SMILES string of the molecule is Cc1ccc(C(=O)O[C@H]2CCCCC2=O)cc1. The van der Waals surface area contributed by atoms with Gasteiger partial charge >= 0.3 is 5.97 Å². The van der Waals surface area contributed by atoms with Gasteiger partial charge in [0.2, 0.25) is 0 Å². The Morgan fingerprint density at radius 3 is 2.59 bits per heavy atom. The molecule has 0 unspecified atom stereocenters. The van der Waals surface area contributed by atoms with Gasteiger partial charge in [0, 0.05) is 6.42 Å². The summed E-state index contributed by atoms with van der Waals surface area (Å²) < 4.78 is 5.24. The van der Waals surface area contributed by atoms with Gasteiger partial charge in [0.05, 0.1) is 5.56 Å². The summed E-state index contributed by atoms with van der Waals surface area (Å²) in [7, 11) is 0. The maximum absolute atomic E-state index is 11.8. The molecule has 17 heavy (non-hydrogen) atoms. The van der Waals surface area contributed by atoms with Crippen LogP contribution in [0.25, 0.3) is 0 Å². The molecule has 0 bridgehead atoms. The normalized spacial score (nSPS) is 20.1. The molecule has 1 atom stereocenters. The number of aryl methyl sites for hydroxylation is 1. The molecule has 0 saturated heterocycles. The molecular weight excluding hydrogens is 216 g/mol. The summed E-state index contributed by atoms with van der Waals surface area (Å²) in [4.78, 5) is 23.3. The van der Waals surface area contributed by atoms with Crippen LogP contribution >= 0.6 is 0 Å². The Labute approximate surface area is 101 Å². The molecule has 0 radical (unpaired) electrons. The summed E-state index contributed by atoms with van der Waals surface area (Å²) in [5.41, 5.74) is 1.60. The summed E-state index contributed by atoms with van der Waals surface area (Å²) in [6.07, 6.45) is 2.54. The minimum Gasteiger partial charge on any atom is -0.451 e. The van der Waals surface area contributed by atoms with Gasteiger partial charge in [-0.3, -0.25) is 4.79 Å². The molecule has 0 aromatic heterocycles. The van der Waals surface area contributed by atoms with E-state index in [9.17, 15) is 9.59 Å². The van der Waals surface area contributed by atoms with Crippen LogP contribution in [0.15, 0.2) is 24.3 Å². The molecule has 1 aromatic rings.